The maximum atomic E-state index is 12.6. The Morgan fingerprint density at radius 3 is 2.60 bits per heavy atom. The molecule has 0 aliphatic rings. The van der Waals surface area contributed by atoms with Gasteiger partial charge in [-0.1, -0.05) is 17.7 Å². The molecular formula is C13H13BrClNO2S2. The molecule has 0 spiro atoms. The highest BCUT2D eigenvalue weighted by Crippen LogP contribution is 2.28. The van der Waals surface area contributed by atoms with Gasteiger partial charge in [-0.15, -0.1) is 11.3 Å². The Bertz CT molecular complexity index is 728. The molecule has 0 saturated heterocycles. The summed E-state index contributed by atoms with van der Waals surface area (Å²) in [7, 11) is -1.97. The highest BCUT2D eigenvalue weighted by atomic mass is 79.9. The van der Waals surface area contributed by atoms with Crippen molar-refractivity contribution in [3.63, 3.8) is 0 Å². The van der Waals surface area contributed by atoms with Gasteiger partial charge in [-0.2, -0.15) is 4.31 Å². The maximum Gasteiger partial charge on any atom is 0.243 e. The highest BCUT2D eigenvalue weighted by molar-refractivity contribution is 9.11. The van der Waals surface area contributed by atoms with Gasteiger partial charge in [-0.3, -0.25) is 0 Å². The molecular weight excluding hydrogens is 382 g/mol. The van der Waals surface area contributed by atoms with Crippen molar-refractivity contribution in [2.24, 2.45) is 0 Å². The van der Waals surface area contributed by atoms with Crippen molar-refractivity contribution in [2.45, 2.75) is 18.4 Å². The lowest BCUT2D eigenvalue weighted by atomic mass is 10.2. The van der Waals surface area contributed by atoms with Gasteiger partial charge in [0.15, 0.2) is 0 Å². The molecule has 0 bridgehead atoms. The van der Waals surface area contributed by atoms with E-state index in [9.17, 15) is 8.42 Å². The molecule has 0 fully saturated rings. The van der Waals surface area contributed by atoms with Crippen LogP contribution in [0.2, 0.25) is 5.02 Å². The summed E-state index contributed by atoms with van der Waals surface area (Å²) in [5, 5.41) is 0.457. The van der Waals surface area contributed by atoms with Crippen LogP contribution in [-0.2, 0) is 16.6 Å². The van der Waals surface area contributed by atoms with Crippen molar-refractivity contribution >= 4 is 48.9 Å². The SMILES string of the molecule is Cc1c(Cl)cccc1S(=O)(=O)N(C)Cc1ccc(Br)s1. The molecule has 20 heavy (non-hydrogen) atoms. The first kappa shape index (κ1) is 16.0. The Balaban J connectivity index is 2.32. The van der Waals surface area contributed by atoms with Crippen LogP contribution in [0, 0.1) is 6.92 Å². The number of sulfonamides is 1. The molecule has 1 heterocycles. The number of hydrogen-bond acceptors (Lipinski definition) is 3. The number of benzene rings is 1. The monoisotopic (exact) mass is 393 g/mol. The average Bonchev–Trinajstić information content (AvgIpc) is 2.78. The van der Waals surface area contributed by atoms with Gasteiger partial charge in [0.2, 0.25) is 10.0 Å². The van der Waals surface area contributed by atoms with Crippen LogP contribution >= 0.6 is 38.9 Å². The normalized spacial score (nSPS) is 12.1. The van der Waals surface area contributed by atoms with Crippen LogP contribution in [0.5, 0.6) is 0 Å². The van der Waals surface area contributed by atoms with Crippen LogP contribution < -0.4 is 0 Å². The minimum Gasteiger partial charge on any atom is -0.207 e. The van der Waals surface area contributed by atoms with Gasteiger partial charge in [0, 0.05) is 23.5 Å². The summed E-state index contributed by atoms with van der Waals surface area (Å²) in [5.74, 6) is 0. The number of nitrogens with zero attached hydrogens (tertiary/aromatic N) is 1. The molecule has 0 aliphatic carbocycles. The van der Waals surface area contributed by atoms with Gasteiger partial charge in [0.25, 0.3) is 0 Å². The van der Waals surface area contributed by atoms with E-state index >= 15 is 0 Å². The van der Waals surface area contributed by atoms with Crippen LogP contribution in [0.4, 0.5) is 0 Å². The molecule has 108 valence electrons. The van der Waals surface area contributed by atoms with Crippen molar-refractivity contribution in [1.29, 1.82) is 0 Å². The maximum absolute atomic E-state index is 12.6. The van der Waals surface area contributed by atoms with E-state index in [4.69, 9.17) is 11.6 Å². The van der Waals surface area contributed by atoms with Crippen LogP contribution in [0.25, 0.3) is 0 Å². The molecule has 0 N–H and O–H groups in total. The van der Waals surface area contributed by atoms with Crippen molar-refractivity contribution in [2.75, 3.05) is 7.05 Å². The first-order chi connectivity index (χ1) is 9.32. The van der Waals surface area contributed by atoms with E-state index in [0.717, 1.165) is 8.66 Å². The molecule has 0 radical (unpaired) electrons. The van der Waals surface area contributed by atoms with E-state index in [0.29, 0.717) is 17.1 Å². The molecule has 0 aliphatic heterocycles. The lowest BCUT2D eigenvalue weighted by Gasteiger charge is -2.18. The molecule has 2 rings (SSSR count). The number of hydrogen-bond donors (Lipinski definition) is 0. The van der Waals surface area contributed by atoms with Crippen molar-refractivity contribution in [1.82, 2.24) is 4.31 Å². The first-order valence-electron chi connectivity index (χ1n) is 5.78. The lowest BCUT2D eigenvalue weighted by Crippen LogP contribution is -2.26. The molecule has 0 amide bonds. The highest BCUT2D eigenvalue weighted by Gasteiger charge is 2.24. The number of thiophene rings is 1. The van der Waals surface area contributed by atoms with Gasteiger partial charge in [-0.25, -0.2) is 8.42 Å². The van der Waals surface area contributed by atoms with E-state index in [2.05, 4.69) is 15.9 Å². The predicted molar refractivity (Wildman–Crippen MR) is 86.9 cm³/mol. The second kappa shape index (κ2) is 6.15. The lowest BCUT2D eigenvalue weighted by molar-refractivity contribution is 0.469. The van der Waals surface area contributed by atoms with Gasteiger partial charge < -0.3 is 0 Å². The topological polar surface area (TPSA) is 37.4 Å². The fourth-order valence-electron chi connectivity index (χ4n) is 1.78. The third-order valence-corrected chi connectivity index (χ3v) is 6.88. The Labute approximate surface area is 136 Å². The Hall–Kier alpha value is -0.400. The zero-order chi connectivity index (χ0) is 14.9. The van der Waals surface area contributed by atoms with E-state index in [-0.39, 0.29) is 4.90 Å². The largest absolute Gasteiger partial charge is 0.243 e. The standard InChI is InChI=1S/C13H13BrClNO2S2/c1-9-11(15)4-3-5-12(9)20(17,18)16(2)8-10-6-7-13(14)19-10/h3-7H,8H2,1-2H3. The van der Waals surface area contributed by atoms with Crippen LogP contribution in [0.15, 0.2) is 39.0 Å². The van der Waals surface area contributed by atoms with Gasteiger partial charge in [-0.05, 0) is 52.7 Å². The van der Waals surface area contributed by atoms with E-state index in [1.54, 1.807) is 32.2 Å². The van der Waals surface area contributed by atoms with Crippen LogP contribution in [0.1, 0.15) is 10.4 Å². The summed E-state index contributed by atoms with van der Waals surface area (Å²) in [6, 6.07) is 8.73. The Morgan fingerprint density at radius 2 is 2.00 bits per heavy atom. The van der Waals surface area contributed by atoms with Crippen LogP contribution in [-0.4, -0.2) is 19.8 Å². The van der Waals surface area contributed by atoms with Gasteiger partial charge in [0.1, 0.15) is 0 Å². The van der Waals surface area contributed by atoms with Crippen molar-refractivity contribution in [3.05, 3.63) is 49.6 Å². The fourth-order valence-corrected chi connectivity index (χ4v) is 5.02. The number of rotatable bonds is 4. The summed E-state index contributed by atoms with van der Waals surface area (Å²) < 4.78 is 27.5. The first-order valence-corrected chi connectivity index (χ1v) is 9.21. The van der Waals surface area contributed by atoms with Gasteiger partial charge in [0.05, 0.1) is 8.68 Å². The Morgan fingerprint density at radius 1 is 1.30 bits per heavy atom. The average molecular weight is 395 g/mol. The predicted octanol–water partition coefficient (Wildman–Crippen LogP) is 4.29. The molecule has 7 heteroatoms. The summed E-state index contributed by atoms with van der Waals surface area (Å²) in [6.45, 7) is 2.05. The third kappa shape index (κ3) is 3.26. The van der Waals surface area contributed by atoms with Crippen LogP contribution in [0.3, 0.4) is 0 Å². The summed E-state index contributed by atoms with van der Waals surface area (Å²) in [6.07, 6.45) is 0. The van der Waals surface area contributed by atoms with Crippen molar-refractivity contribution in [3.8, 4) is 0 Å². The second-order valence-corrected chi connectivity index (χ2v) is 9.30. The fraction of sp³-hybridized carbons (Fsp3) is 0.231. The number of halogens is 2. The smallest absolute Gasteiger partial charge is 0.207 e. The van der Waals surface area contributed by atoms with E-state index in [1.807, 2.05) is 12.1 Å². The minimum atomic E-state index is -3.54. The summed E-state index contributed by atoms with van der Waals surface area (Å²) in [4.78, 5) is 1.23. The molecule has 0 atom stereocenters. The van der Waals surface area contributed by atoms with Gasteiger partial charge >= 0.3 is 0 Å². The van der Waals surface area contributed by atoms with Crippen molar-refractivity contribution < 1.29 is 8.42 Å². The Kier molecular flexibility index (Phi) is 4.92. The molecule has 1 aromatic carbocycles. The molecule has 0 unspecified atom stereocenters. The summed E-state index contributed by atoms with van der Waals surface area (Å²) >= 11 is 10.9. The molecule has 2 aromatic rings. The minimum absolute atomic E-state index is 0.253. The van der Waals surface area contributed by atoms with E-state index in [1.165, 1.54) is 15.6 Å². The second-order valence-electron chi connectivity index (χ2n) is 4.33. The zero-order valence-corrected chi connectivity index (χ0v) is 14.9. The third-order valence-electron chi connectivity index (χ3n) is 2.91. The molecule has 1 aromatic heterocycles. The summed E-state index contributed by atoms with van der Waals surface area (Å²) in [5.41, 5.74) is 0.577. The molecule has 3 nitrogen and oxygen atoms in total. The van der Waals surface area contributed by atoms with E-state index < -0.39 is 10.0 Å². The molecule has 0 saturated carbocycles. The zero-order valence-electron chi connectivity index (χ0n) is 10.9. The quantitative estimate of drug-likeness (QED) is 0.775.